The highest BCUT2D eigenvalue weighted by Crippen LogP contribution is 2.14. The van der Waals surface area contributed by atoms with Gasteiger partial charge in [-0.25, -0.2) is 0 Å². The molecule has 4 heteroatoms. The molecule has 1 aromatic heterocycles. The van der Waals surface area contributed by atoms with E-state index in [1.165, 1.54) is 6.42 Å². The first-order valence-corrected chi connectivity index (χ1v) is 6.92. The van der Waals surface area contributed by atoms with Crippen molar-refractivity contribution in [1.29, 1.82) is 0 Å². The molecule has 0 bridgehead atoms. The average molecular weight is 298 g/mol. The van der Waals surface area contributed by atoms with Crippen molar-refractivity contribution in [2.45, 2.75) is 32.4 Å². The second kappa shape index (κ2) is 5.46. The zero-order valence-corrected chi connectivity index (χ0v) is 12.1. The Labute approximate surface area is 112 Å². The van der Waals surface area contributed by atoms with Gasteiger partial charge >= 0.3 is 0 Å². The third kappa shape index (κ3) is 4.05. The van der Waals surface area contributed by atoms with Crippen LogP contribution in [0.25, 0.3) is 0 Å². The molecule has 0 atom stereocenters. The van der Waals surface area contributed by atoms with Gasteiger partial charge in [-0.3, -0.25) is 9.88 Å². The van der Waals surface area contributed by atoms with Crippen molar-refractivity contribution in [2.24, 2.45) is 0 Å². The number of hydrogen-bond acceptors (Lipinski definition) is 3. The van der Waals surface area contributed by atoms with E-state index in [0.29, 0.717) is 0 Å². The van der Waals surface area contributed by atoms with Crippen molar-refractivity contribution in [3.05, 3.63) is 28.5 Å². The number of hydrogen-bond donors (Lipinski definition) is 1. The van der Waals surface area contributed by atoms with E-state index in [-0.39, 0.29) is 5.54 Å². The second-order valence-electron chi connectivity index (χ2n) is 5.34. The number of aromatic nitrogens is 1. The number of rotatable bonds is 2. The Bertz CT molecular complexity index is 361. The fourth-order valence-electron chi connectivity index (χ4n) is 2.29. The van der Waals surface area contributed by atoms with Crippen molar-refractivity contribution < 1.29 is 0 Å². The molecule has 2 rings (SSSR count). The minimum Gasteiger partial charge on any atom is -0.310 e. The molecule has 0 saturated carbocycles. The summed E-state index contributed by atoms with van der Waals surface area (Å²) in [6, 6.07) is 4.15. The molecular weight excluding hydrogens is 278 g/mol. The molecule has 0 unspecified atom stereocenters. The molecule has 1 saturated heterocycles. The zero-order chi connectivity index (χ0) is 12.3. The van der Waals surface area contributed by atoms with Gasteiger partial charge in [0.05, 0.1) is 5.69 Å². The quantitative estimate of drug-likeness (QED) is 0.909. The van der Waals surface area contributed by atoms with Gasteiger partial charge in [-0.1, -0.05) is 0 Å². The molecule has 1 N–H and O–H groups in total. The summed E-state index contributed by atoms with van der Waals surface area (Å²) in [4.78, 5) is 6.92. The van der Waals surface area contributed by atoms with E-state index in [1.54, 1.807) is 0 Å². The molecule has 0 radical (unpaired) electrons. The molecule has 1 aliphatic heterocycles. The van der Waals surface area contributed by atoms with Gasteiger partial charge in [0.15, 0.2) is 0 Å². The largest absolute Gasteiger partial charge is 0.310 e. The number of halogens is 1. The minimum atomic E-state index is 0.200. The Morgan fingerprint density at radius 3 is 3.00 bits per heavy atom. The predicted molar refractivity (Wildman–Crippen MR) is 73.9 cm³/mol. The molecule has 3 nitrogen and oxygen atoms in total. The van der Waals surface area contributed by atoms with Gasteiger partial charge in [0.2, 0.25) is 0 Å². The van der Waals surface area contributed by atoms with E-state index in [1.807, 2.05) is 6.20 Å². The molecule has 2 heterocycles. The Hall–Kier alpha value is -0.450. The van der Waals surface area contributed by atoms with Crippen LogP contribution in [-0.4, -0.2) is 35.1 Å². The molecule has 1 aromatic rings. The lowest BCUT2D eigenvalue weighted by atomic mass is 10.1. The first-order valence-electron chi connectivity index (χ1n) is 6.13. The summed E-state index contributed by atoms with van der Waals surface area (Å²) in [7, 11) is 0. The summed E-state index contributed by atoms with van der Waals surface area (Å²) in [6.07, 6.45) is 3.08. The maximum absolute atomic E-state index is 4.44. The summed E-state index contributed by atoms with van der Waals surface area (Å²) in [5, 5.41) is 3.58. The van der Waals surface area contributed by atoms with Gasteiger partial charge in [-0.05, 0) is 61.4 Å². The summed E-state index contributed by atoms with van der Waals surface area (Å²) in [5.41, 5.74) is 1.34. The number of nitrogens with one attached hydrogen (secondary N) is 1. The van der Waals surface area contributed by atoms with Crippen molar-refractivity contribution in [3.63, 3.8) is 0 Å². The van der Waals surface area contributed by atoms with E-state index in [9.17, 15) is 0 Å². The Morgan fingerprint density at radius 1 is 1.47 bits per heavy atom. The van der Waals surface area contributed by atoms with Crippen LogP contribution in [0.4, 0.5) is 0 Å². The Morgan fingerprint density at radius 2 is 2.29 bits per heavy atom. The minimum absolute atomic E-state index is 0.200. The molecule has 1 fully saturated rings. The SMILES string of the molecule is CC1(C)CN(Cc2ccc(Br)cn2)CCCN1. The highest BCUT2D eigenvalue weighted by atomic mass is 79.9. The first-order chi connectivity index (χ1) is 8.05. The summed E-state index contributed by atoms with van der Waals surface area (Å²) >= 11 is 3.42. The van der Waals surface area contributed by atoms with Gasteiger partial charge in [-0.15, -0.1) is 0 Å². The van der Waals surface area contributed by atoms with E-state index in [0.717, 1.165) is 36.3 Å². The lowest BCUT2D eigenvalue weighted by Gasteiger charge is -2.29. The van der Waals surface area contributed by atoms with Crippen LogP contribution >= 0.6 is 15.9 Å². The maximum Gasteiger partial charge on any atom is 0.0544 e. The topological polar surface area (TPSA) is 28.2 Å². The highest BCUT2D eigenvalue weighted by Gasteiger charge is 2.23. The lowest BCUT2D eigenvalue weighted by molar-refractivity contribution is 0.221. The van der Waals surface area contributed by atoms with Crippen molar-refractivity contribution in [2.75, 3.05) is 19.6 Å². The molecule has 0 aromatic carbocycles. The monoisotopic (exact) mass is 297 g/mol. The van der Waals surface area contributed by atoms with E-state index >= 15 is 0 Å². The van der Waals surface area contributed by atoms with Crippen molar-refractivity contribution in [3.8, 4) is 0 Å². The Kier molecular flexibility index (Phi) is 4.17. The lowest BCUT2D eigenvalue weighted by Crippen LogP contribution is -2.46. The van der Waals surface area contributed by atoms with Crippen LogP contribution in [0.1, 0.15) is 26.0 Å². The van der Waals surface area contributed by atoms with E-state index in [4.69, 9.17) is 0 Å². The third-order valence-corrected chi connectivity index (χ3v) is 3.52. The molecule has 17 heavy (non-hydrogen) atoms. The van der Waals surface area contributed by atoms with E-state index in [2.05, 4.69) is 57.1 Å². The highest BCUT2D eigenvalue weighted by molar-refractivity contribution is 9.10. The molecule has 0 amide bonds. The van der Waals surface area contributed by atoms with Crippen LogP contribution < -0.4 is 5.32 Å². The fourth-order valence-corrected chi connectivity index (χ4v) is 2.52. The predicted octanol–water partition coefficient (Wildman–Crippen LogP) is 2.42. The van der Waals surface area contributed by atoms with Gasteiger partial charge < -0.3 is 5.32 Å². The molecule has 1 aliphatic rings. The maximum atomic E-state index is 4.44. The van der Waals surface area contributed by atoms with Crippen LogP contribution in [0.15, 0.2) is 22.8 Å². The Balaban J connectivity index is 1.99. The number of nitrogens with zero attached hydrogens (tertiary/aromatic N) is 2. The van der Waals surface area contributed by atoms with Gasteiger partial charge in [-0.2, -0.15) is 0 Å². The van der Waals surface area contributed by atoms with Crippen LogP contribution in [0, 0.1) is 0 Å². The normalized spacial score (nSPS) is 21.1. The summed E-state index contributed by atoms with van der Waals surface area (Å²) < 4.78 is 1.04. The van der Waals surface area contributed by atoms with Crippen molar-refractivity contribution in [1.82, 2.24) is 15.2 Å². The molecule has 94 valence electrons. The summed E-state index contributed by atoms with van der Waals surface area (Å²) in [6.45, 7) is 8.80. The van der Waals surface area contributed by atoms with E-state index < -0.39 is 0 Å². The smallest absolute Gasteiger partial charge is 0.0544 e. The van der Waals surface area contributed by atoms with Gasteiger partial charge in [0, 0.05) is 29.3 Å². The third-order valence-electron chi connectivity index (χ3n) is 3.05. The standard InChI is InChI=1S/C13H20BrN3/c1-13(2)10-17(7-3-6-16-13)9-12-5-4-11(14)8-15-12/h4-5,8,16H,3,6-7,9-10H2,1-2H3. The first kappa shape index (κ1) is 13.0. The second-order valence-corrected chi connectivity index (χ2v) is 6.26. The molecule has 0 spiro atoms. The van der Waals surface area contributed by atoms with Crippen molar-refractivity contribution >= 4 is 15.9 Å². The van der Waals surface area contributed by atoms with Crippen LogP contribution in [-0.2, 0) is 6.54 Å². The number of pyridine rings is 1. The zero-order valence-electron chi connectivity index (χ0n) is 10.5. The molecular formula is C13H20BrN3. The van der Waals surface area contributed by atoms with Crippen LogP contribution in [0.3, 0.4) is 0 Å². The molecule has 0 aliphatic carbocycles. The van der Waals surface area contributed by atoms with Crippen LogP contribution in [0.5, 0.6) is 0 Å². The fraction of sp³-hybridized carbons (Fsp3) is 0.615. The van der Waals surface area contributed by atoms with Crippen LogP contribution in [0.2, 0.25) is 0 Å². The van der Waals surface area contributed by atoms with Gasteiger partial charge in [0.25, 0.3) is 0 Å². The average Bonchev–Trinajstić information content (AvgIpc) is 2.43. The summed E-state index contributed by atoms with van der Waals surface area (Å²) in [5.74, 6) is 0. The van der Waals surface area contributed by atoms with Gasteiger partial charge in [0.1, 0.15) is 0 Å².